The Morgan fingerprint density at radius 1 is 0.889 bits per heavy atom. The van der Waals surface area contributed by atoms with Crippen molar-refractivity contribution in [1.82, 2.24) is 0 Å². The van der Waals surface area contributed by atoms with Gasteiger partial charge in [-0.25, -0.2) is 4.39 Å². The quantitative estimate of drug-likeness (QED) is 0.743. The van der Waals surface area contributed by atoms with E-state index < -0.39 is 0 Å². The molecule has 0 aliphatic carbocycles. The molecule has 0 spiro atoms. The van der Waals surface area contributed by atoms with Crippen LogP contribution in [0.4, 0.5) is 4.39 Å². The van der Waals surface area contributed by atoms with E-state index in [4.69, 9.17) is 0 Å². The lowest BCUT2D eigenvalue weighted by Gasteiger charge is -2.17. The Kier molecular flexibility index (Phi) is 3.78. The molecular formula is C15H13ClFN. The van der Waals surface area contributed by atoms with Gasteiger partial charge < -0.3 is 0 Å². The molecule has 1 aliphatic heterocycles. The summed E-state index contributed by atoms with van der Waals surface area (Å²) in [6.45, 7) is 0.737. The van der Waals surface area contributed by atoms with E-state index in [-0.39, 0.29) is 18.2 Å². The van der Waals surface area contributed by atoms with E-state index in [1.54, 1.807) is 12.1 Å². The van der Waals surface area contributed by atoms with E-state index in [0.29, 0.717) is 5.56 Å². The summed E-state index contributed by atoms with van der Waals surface area (Å²) in [5.74, 6) is -0.206. The number of fused-ring (bicyclic) bond motifs is 1. The molecule has 1 heterocycles. The second-order valence-electron chi connectivity index (χ2n) is 4.12. The lowest BCUT2D eigenvalue weighted by Crippen LogP contribution is -2.15. The van der Waals surface area contributed by atoms with Crippen LogP contribution in [0.3, 0.4) is 0 Å². The largest absolute Gasteiger partial charge is 0.284 e. The van der Waals surface area contributed by atoms with Gasteiger partial charge in [-0.15, -0.1) is 12.4 Å². The predicted molar refractivity (Wildman–Crippen MR) is 74.3 cm³/mol. The Morgan fingerprint density at radius 2 is 1.56 bits per heavy atom. The summed E-state index contributed by atoms with van der Waals surface area (Å²) in [4.78, 5) is 4.48. The minimum absolute atomic E-state index is 0. The minimum Gasteiger partial charge on any atom is -0.284 e. The van der Waals surface area contributed by atoms with Crippen LogP contribution in [-0.2, 0) is 6.42 Å². The number of nitrogens with zero attached hydrogens (tertiary/aromatic N) is 1. The van der Waals surface area contributed by atoms with Gasteiger partial charge >= 0.3 is 0 Å². The molecule has 0 fully saturated rings. The molecule has 2 aromatic carbocycles. The maximum atomic E-state index is 13.8. The highest BCUT2D eigenvalue weighted by atomic mass is 35.5. The Bertz CT molecular complexity index is 593. The Balaban J connectivity index is 0.00000120. The van der Waals surface area contributed by atoms with Gasteiger partial charge in [-0.3, -0.25) is 4.99 Å². The Morgan fingerprint density at radius 3 is 2.33 bits per heavy atom. The summed E-state index contributed by atoms with van der Waals surface area (Å²) in [5, 5.41) is 0. The van der Waals surface area contributed by atoms with Crippen LogP contribution in [-0.4, -0.2) is 12.3 Å². The molecule has 0 saturated carbocycles. The van der Waals surface area contributed by atoms with Gasteiger partial charge in [0.1, 0.15) is 5.82 Å². The second-order valence-corrected chi connectivity index (χ2v) is 4.12. The summed E-state index contributed by atoms with van der Waals surface area (Å²) in [5.41, 5.74) is 3.69. The normalized spacial score (nSPS) is 13.3. The summed E-state index contributed by atoms with van der Waals surface area (Å²) in [6.07, 6.45) is 0.939. The Hall–Kier alpha value is -1.67. The molecule has 18 heavy (non-hydrogen) atoms. The van der Waals surface area contributed by atoms with Crippen LogP contribution in [0.2, 0.25) is 0 Å². The molecule has 2 aromatic rings. The number of hydrogen-bond acceptors (Lipinski definition) is 1. The van der Waals surface area contributed by atoms with E-state index in [9.17, 15) is 4.39 Å². The van der Waals surface area contributed by atoms with E-state index in [1.807, 2.05) is 24.3 Å². The maximum Gasteiger partial charge on any atom is 0.132 e. The fourth-order valence-electron chi connectivity index (χ4n) is 2.23. The highest BCUT2D eigenvalue weighted by Gasteiger charge is 2.17. The highest BCUT2D eigenvalue weighted by molar-refractivity contribution is 6.14. The summed E-state index contributed by atoms with van der Waals surface area (Å²) < 4.78 is 13.8. The number of halogens is 2. The molecule has 0 bridgehead atoms. The van der Waals surface area contributed by atoms with Crippen molar-refractivity contribution in [2.75, 3.05) is 6.54 Å². The first-order valence-corrected chi connectivity index (χ1v) is 5.74. The average molecular weight is 262 g/mol. The molecular weight excluding hydrogens is 249 g/mol. The van der Waals surface area contributed by atoms with Gasteiger partial charge in [0, 0.05) is 17.7 Å². The van der Waals surface area contributed by atoms with Gasteiger partial charge in [0.25, 0.3) is 0 Å². The van der Waals surface area contributed by atoms with Crippen molar-refractivity contribution < 1.29 is 4.39 Å². The van der Waals surface area contributed by atoms with Crippen LogP contribution < -0.4 is 0 Å². The standard InChI is InChI=1S/C15H12FN.ClH/c16-14-8-4-3-7-13(14)15-12-6-2-1-5-11(12)9-10-17-15;/h1-8H,9-10H2;1H. The van der Waals surface area contributed by atoms with Gasteiger partial charge in [-0.2, -0.15) is 0 Å². The molecule has 0 atom stereocenters. The first-order valence-electron chi connectivity index (χ1n) is 5.74. The van der Waals surface area contributed by atoms with Crippen molar-refractivity contribution in [2.45, 2.75) is 6.42 Å². The van der Waals surface area contributed by atoms with Crippen LogP contribution in [0.25, 0.3) is 0 Å². The predicted octanol–water partition coefficient (Wildman–Crippen LogP) is 3.64. The van der Waals surface area contributed by atoms with Crippen molar-refractivity contribution in [3.63, 3.8) is 0 Å². The smallest absolute Gasteiger partial charge is 0.132 e. The zero-order valence-electron chi connectivity index (χ0n) is 9.77. The highest BCUT2D eigenvalue weighted by Crippen LogP contribution is 2.21. The van der Waals surface area contributed by atoms with E-state index in [2.05, 4.69) is 11.1 Å². The van der Waals surface area contributed by atoms with Crippen LogP contribution in [0, 0.1) is 5.82 Å². The van der Waals surface area contributed by atoms with Gasteiger partial charge in [-0.05, 0) is 24.1 Å². The van der Waals surface area contributed by atoms with Gasteiger partial charge in [-0.1, -0.05) is 36.4 Å². The van der Waals surface area contributed by atoms with Crippen LogP contribution in [0.15, 0.2) is 53.5 Å². The maximum absolute atomic E-state index is 13.8. The third-order valence-electron chi connectivity index (χ3n) is 3.05. The zero-order chi connectivity index (χ0) is 11.7. The van der Waals surface area contributed by atoms with Gasteiger partial charge in [0.2, 0.25) is 0 Å². The lowest BCUT2D eigenvalue weighted by molar-refractivity contribution is 0.625. The van der Waals surface area contributed by atoms with Crippen molar-refractivity contribution in [3.05, 3.63) is 71.0 Å². The van der Waals surface area contributed by atoms with E-state index in [0.717, 1.165) is 24.2 Å². The van der Waals surface area contributed by atoms with E-state index in [1.165, 1.54) is 11.6 Å². The SMILES string of the molecule is Cl.Fc1ccccc1C1=NCCc2ccccc21. The fraction of sp³-hybridized carbons (Fsp3) is 0.133. The first-order chi connectivity index (χ1) is 8.36. The number of benzene rings is 2. The molecule has 0 saturated heterocycles. The van der Waals surface area contributed by atoms with Crippen LogP contribution in [0.5, 0.6) is 0 Å². The zero-order valence-corrected chi connectivity index (χ0v) is 10.6. The molecule has 0 radical (unpaired) electrons. The molecule has 92 valence electrons. The first kappa shape index (κ1) is 12.8. The summed E-state index contributed by atoms with van der Waals surface area (Å²) >= 11 is 0. The number of rotatable bonds is 1. The molecule has 3 heteroatoms. The van der Waals surface area contributed by atoms with Gasteiger partial charge in [0.15, 0.2) is 0 Å². The minimum atomic E-state index is -0.206. The van der Waals surface area contributed by atoms with Crippen molar-refractivity contribution in [2.24, 2.45) is 4.99 Å². The van der Waals surface area contributed by atoms with Crippen molar-refractivity contribution in [1.29, 1.82) is 0 Å². The Labute approximate surface area is 112 Å². The average Bonchev–Trinajstić information content (AvgIpc) is 2.39. The van der Waals surface area contributed by atoms with E-state index >= 15 is 0 Å². The summed E-state index contributed by atoms with van der Waals surface area (Å²) in [7, 11) is 0. The second kappa shape index (κ2) is 5.32. The number of hydrogen-bond donors (Lipinski definition) is 0. The molecule has 1 nitrogen and oxygen atoms in total. The molecule has 0 aromatic heterocycles. The third kappa shape index (κ3) is 2.16. The van der Waals surface area contributed by atoms with Gasteiger partial charge in [0.05, 0.1) is 5.71 Å². The number of aliphatic imine (C=N–C) groups is 1. The van der Waals surface area contributed by atoms with Crippen molar-refractivity contribution >= 4 is 18.1 Å². The topological polar surface area (TPSA) is 12.4 Å². The van der Waals surface area contributed by atoms with Crippen LogP contribution in [0.1, 0.15) is 16.7 Å². The third-order valence-corrected chi connectivity index (χ3v) is 3.05. The van der Waals surface area contributed by atoms with Crippen molar-refractivity contribution in [3.8, 4) is 0 Å². The summed E-state index contributed by atoms with van der Waals surface area (Å²) in [6, 6.07) is 14.9. The molecule has 1 aliphatic rings. The molecule has 3 rings (SSSR count). The molecule has 0 amide bonds. The molecule has 0 unspecified atom stereocenters. The molecule has 0 N–H and O–H groups in total. The monoisotopic (exact) mass is 261 g/mol. The van der Waals surface area contributed by atoms with Crippen LogP contribution >= 0.6 is 12.4 Å². The fourth-order valence-corrected chi connectivity index (χ4v) is 2.23. The lowest BCUT2D eigenvalue weighted by atomic mass is 9.93.